The van der Waals surface area contributed by atoms with Crippen LogP contribution in [-0.2, 0) is 0 Å². The van der Waals surface area contributed by atoms with Crippen LogP contribution in [-0.4, -0.2) is 24.5 Å². The normalized spacial score (nSPS) is 13.4. The lowest BCUT2D eigenvalue weighted by atomic mass is 10.1. The SMILES string of the molecule is CC(NCCN)c1cccc(NC(O)Nc2cccc(Cl)c2)c1. The van der Waals surface area contributed by atoms with Crippen LogP contribution >= 0.6 is 11.6 Å². The molecule has 0 amide bonds. The highest BCUT2D eigenvalue weighted by atomic mass is 35.5. The lowest BCUT2D eigenvalue weighted by Crippen LogP contribution is -2.28. The standard InChI is InChI=1S/C17H23ClN4O/c1-12(20-9-8-19)13-4-2-6-15(10-13)21-17(23)22-16-7-3-5-14(18)11-16/h2-7,10-12,17,20-23H,8-9,19H2,1H3. The Bertz CT molecular complexity index is 623. The highest BCUT2D eigenvalue weighted by molar-refractivity contribution is 6.30. The number of halogens is 1. The van der Waals surface area contributed by atoms with E-state index in [2.05, 4.69) is 22.9 Å². The molecule has 2 rings (SSSR count). The van der Waals surface area contributed by atoms with Crippen LogP contribution in [0.4, 0.5) is 11.4 Å². The first-order valence-corrected chi connectivity index (χ1v) is 7.96. The fourth-order valence-corrected chi connectivity index (χ4v) is 2.44. The summed E-state index contributed by atoms with van der Waals surface area (Å²) in [5.74, 6) is 0. The van der Waals surface area contributed by atoms with Crippen LogP contribution in [0.15, 0.2) is 48.5 Å². The maximum absolute atomic E-state index is 10.1. The van der Waals surface area contributed by atoms with Crippen LogP contribution in [0.25, 0.3) is 0 Å². The van der Waals surface area contributed by atoms with Crippen molar-refractivity contribution in [1.29, 1.82) is 0 Å². The lowest BCUT2D eigenvalue weighted by molar-refractivity contribution is 0.233. The van der Waals surface area contributed by atoms with Gasteiger partial charge in [0.1, 0.15) is 0 Å². The summed E-state index contributed by atoms with van der Waals surface area (Å²) in [6.07, 6.45) is -0.920. The van der Waals surface area contributed by atoms with Gasteiger partial charge < -0.3 is 26.8 Å². The smallest absolute Gasteiger partial charge is 0.202 e. The predicted octanol–water partition coefficient (Wildman–Crippen LogP) is 2.75. The third kappa shape index (κ3) is 5.73. The van der Waals surface area contributed by atoms with Gasteiger partial charge in [-0.15, -0.1) is 0 Å². The van der Waals surface area contributed by atoms with E-state index in [1.807, 2.05) is 36.4 Å². The molecule has 0 saturated carbocycles. The lowest BCUT2D eigenvalue weighted by Gasteiger charge is -2.19. The molecule has 0 spiro atoms. The van der Waals surface area contributed by atoms with E-state index in [1.54, 1.807) is 12.1 Å². The van der Waals surface area contributed by atoms with Gasteiger partial charge in [0.15, 0.2) is 0 Å². The molecule has 0 aliphatic carbocycles. The predicted molar refractivity (Wildman–Crippen MR) is 96.6 cm³/mol. The van der Waals surface area contributed by atoms with Gasteiger partial charge >= 0.3 is 0 Å². The van der Waals surface area contributed by atoms with Crippen molar-refractivity contribution in [2.75, 3.05) is 23.7 Å². The van der Waals surface area contributed by atoms with E-state index >= 15 is 0 Å². The molecule has 0 bridgehead atoms. The van der Waals surface area contributed by atoms with E-state index in [0.29, 0.717) is 11.6 Å². The minimum Gasteiger partial charge on any atom is -0.357 e. The molecule has 2 atom stereocenters. The minimum absolute atomic E-state index is 0.193. The minimum atomic E-state index is -0.920. The van der Waals surface area contributed by atoms with Crippen molar-refractivity contribution in [3.8, 4) is 0 Å². The number of nitrogens with one attached hydrogen (secondary N) is 3. The van der Waals surface area contributed by atoms with Gasteiger partial charge in [-0.25, -0.2) is 0 Å². The van der Waals surface area contributed by atoms with Crippen LogP contribution in [0.1, 0.15) is 18.5 Å². The van der Waals surface area contributed by atoms with Gasteiger partial charge in [0.2, 0.25) is 6.35 Å². The molecular weight excluding hydrogens is 312 g/mol. The van der Waals surface area contributed by atoms with Crippen molar-refractivity contribution in [2.24, 2.45) is 5.73 Å². The molecule has 5 nitrogen and oxygen atoms in total. The van der Waals surface area contributed by atoms with E-state index in [0.717, 1.165) is 23.5 Å². The van der Waals surface area contributed by atoms with Gasteiger partial charge in [0.05, 0.1) is 0 Å². The molecule has 0 radical (unpaired) electrons. The Morgan fingerprint density at radius 1 is 1.09 bits per heavy atom. The van der Waals surface area contributed by atoms with E-state index < -0.39 is 6.35 Å². The third-order valence-corrected chi connectivity index (χ3v) is 3.65. The summed E-state index contributed by atoms with van der Waals surface area (Å²) in [7, 11) is 0. The van der Waals surface area contributed by atoms with E-state index in [-0.39, 0.29) is 6.04 Å². The quantitative estimate of drug-likeness (QED) is 0.480. The third-order valence-electron chi connectivity index (χ3n) is 3.41. The summed E-state index contributed by atoms with van der Waals surface area (Å²) in [4.78, 5) is 0. The largest absolute Gasteiger partial charge is 0.357 e. The maximum Gasteiger partial charge on any atom is 0.202 e. The summed E-state index contributed by atoms with van der Waals surface area (Å²) < 4.78 is 0. The highest BCUT2D eigenvalue weighted by Gasteiger charge is 2.07. The van der Waals surface area contributed by atoms with Crippen molar-refractivity contribution in [3.63, 3.8) is 0 Å². The number of benzene rings is 2. The summed E-state index contributed by atoms with van der Waals surface area (Å²) in [6.45, 7) is 3.44. The molecule has 0 heterocycles. The number of nitrogens with two attached hydrogens (primary N) is 1. The Kier molecular flexibility index (Phi) is 6.67. The average Bonchev–Trinajstić information content (AvgIpc) is 2.52. The summed E-state index contributed by atoms with van der Waals surface area (Å²) in [5, 5.41) is 20.0. The number of hydrogen-bond donors (Lipinski definition) is 5. The molecule has 23 heavy (non-hydrogen) atoms. The summed E-state index contributed by atoms with van der Waals surface area (Å²) in [5.41, 5.74) is 8.20. The second-order valence-electron chi connectivity index (χ2n) is 5.29. The molecule has 0 fully saturated rings. The molecule has 124 valence electrons. The van der Waals surface area contributed by atoms with E-state index in [1.165, 1.54) is 0 Å². The second-order valence-corrected chi connectivity index (χ2v) is 5.73. The number of aliphatic hydroxyl groups is 1. The number of aliphatic hydroxyl groups excluding tert-OH is 1. The first-order valence-electron chi connectivity index (χ1n) is 7.58. The first-order chi connectivity index (χ1) is 11.1. The molecule has 0 aliphatic heterocycles. The van der Waals surface area contributed by atoms with Crippen molar-refractivity contribution < 1.29 is 5.11 Å². The Balaban J connectivity index is 1.96. The Labute approximate surface area is 141 Å². The van der Waals surface area contributed by atoms with Crippen LogP contribution < -0.4 is 21.7 Å². The number of hydrogen-bond acceptors (Lipinski definition) is 5. The topological polar surface area (TPSA) is 82.3 Å². The van der Waals surface area contributed by atoms with E-state index in [4.69, 9.17) is 17.3 Å². The fraction of sp³-hybridized carbons (Fsp3) is 0.294. The highest BCUT2D eigenvalue weighted by Crippen LogP contribution is 2.19. The molecular formula is C17H23ClN4O. The van der Waals surface area contributed by atoms with Crippen LogP contribution in [0.2, 0.25) is 5.02 Å². The van der Waals surface area contributed by atoms with Crippen molar-refractivity contribution in [2.45, 2.75) is 19.3 Å². The molecule has 0 saturated heterocycles. The fourth-order valence-electron chi connectivity index (χ4n) is 2.25. The number of rotatable bonds is 8. The molecule has 6 heteroatoms. The van der Waals surface area contributed by atoms with Gasteiger partial charge in [-0.2, -0.15) is 0 Å². The van der Waals surface area contributed by atoms with Gasteiger partial charge in [-0.05, 0) is 42.8 Å². The Morgan fingerprint density at radius 3 is 2.39 bits per heavy atom. The van der Waals surface area contributed by atoms with E-state index in [9.17, 15) is 5.11 Å². The van der Waals surface area contributed by atoms with Gasteiger partial charge in [0, 0.05) is 35.5 Å². The van der Waals surface area contributed by atoms with Crippen molar-refractivity contribution >= 4 is 23.0 Å². The zero-order valence-electron chi connectivity index (χ0n) is 13.1. The molecule has 0 aromatic heterocycles. The molecule has 0 aliphatic rings. The van der Waals surface area contributed by atoms with Crippen molar-refractivity contribution in [1.82, 2.24) is 5.32 Å². The molecule has 2 unspecified atom stereocenters. The summed E-state index contributed by atoms with van der Waals surface area (Å²) in [6, 6.07) is 15.3. The van der Waals surface area contributed by atoms with Crippen molar-refractivity contribution in [3.05, 3.63) is 59.1 Å². The van der Waals surface area contributed by atoms with Gasteiger partial charge in [-0.3, -0.25) is 0 Å². The molecule has 2 aromatic rings. The zero-order valence-corrected chi connectivity index (χ0v) is 13.8. The maximum atomic E-state index is 10.1. The molecule has 6 N–H and O–H groups in total. The number of anilines is 2. The van der Waals surface area contributed by atoms with Gasteiger partial charge in [-0.1, -0.05) is 29.8 Å². The Morgan fingerprint density at radius 2 is 1.74 bits per heavy atom. The first kappa shape index (κ1) is 17.6. The monoisotopic (exact) mass is 334 g/mol. The van der Waals surface area contributed by atoms with Crippen LogP contribution in [0.5, 0.6) is 0 Å². The average molecular weight is 335 g/mol. The van der Waals surface area contributed by atoms with Crippen LogP contribution in [0.3, 0.4) is 0 Å². The molecule has 2 aromatic carbocycles. The Hall–Kier alpha value is -1.79. The van der Waals surface area contributed by atoms with Gasteiger partial charge in [0.25, 0.3) is 0 Å². The van der Waals surface area contributed by atoms with Crippen LogP contribution in [0, 0.1) is 0 Å². The summed E-state index contributed by atoms with van der Waals surface area (Å²) >= 11 is 5.93. The zero-order chi connectivity index (χ0) is 16.7. The second kappa shape index (κ2) is 8.74.